The Labute approximate surface area is 150 Å². The molecule has 6 atom stereocenters. The zero-order chi connectivity index (χ0) is 18.0. The fourth-order valence-corrected chi connectivity index (χ4v) is 7.27. The molecule has 4 aliphatic carbocycles. The van der Waals surface area contributed by atoms with E-state index in [1.165, 1.54) is 5.57 Å². The van der Waals surface area contributed by atoms with E-state index in [1.807, 2.05) is 0 Å². The van der Waals surface area contributed by atoms with Gasteiger partial charge in [-0.2, -0.15) is 0 Å². The van der Waals surface area contributed by atoms with Gasteiger partial charge in [-0.05, 0) is 67.1 Å². The van der Waals surface area contributed by atoms with E-state index in [0.29, 0.717) is 30.6 Å². The molecule has 25 heavy (non-hydrogen) atoms. The van der Waals surface area contributed by atoms with Crippen molar-refractivity contribution in [1.82, 2.24) is 0 Å². The maximum Gasteiger partial charge on any atom is 0.166 e. The summed E-state index contributed by atoms with van der Waals surface area (Å²) in [6.45, 7) is 4.30. The summed E-state index contributed by atoms with van der Waals surface area (Å²) in [5.41, 5.74) is 1.36. The molecule has 0 radical (unpaired) electrons. The molecule has 3 N–H and O–H groups in total. The zero-order valence-corrected chi connectivity index (χ0v) is 15.5. The van der Waals surface area contributed by atoms with Crippen LogP contribution in [-0.2, 0) is 4.79 Å². The van der Waals surface area contributed by atoms with E-state index in [1.54, 1.807) is 0 Å². The smallest absolute Gasteiger partial charge is 0.166 e. The first-order chi connectivity index (χ1) is 11.7. The van der Waals surface area contributed by atoms with Crippen LogP contribution in [0.15, 0.2) is 11.6 Å². The molecule has 4 rings (SSSR count). The molecule has 0 bridgehead atoms. The van der Waals surface area contributed by atoms with E-state index in [2.05, 4.69) is 19.9 Å². The molecule has 3 fully saturated rings. The molecule has 140 valence electrons. The van der Waals surface area contributed by atoms with Crippen LogP contribution >= 0.6 is 0 Å². The van der Waals surface area contributed by atoms with Crippen LogP contribution in [-0.4, -0.2) is 33.5 Å². The number of allylic oxidation sites excluding steroid dienone is 1. The first kappa shape index (κ1) is 17.7. The van der Waals surface area contributed by atoms with Crippen molar-refractivity contribution in [2.45, 2.75) is 71.0 Å². The van der Waals surface area contributed by atoms with Crippen LogP contribution in [0.2, 0.25) is 0 Å². The van der Waals surface area contributed by atoms with Crippen molar-refractivity contribution in [3.63, 3.8) is 0 Å². The van der Waals surface area contributed by atoms with Crippen LogP contribution in [0.3, 0.4) is 0 Å². The molecule has 0 aromatic heterocycles. The van der Waals surface area contributed by atoms with Gasteiger partial charge in [-0.1, -0.05) is 25.5 Å². The van der Waals surface area contributed by atoms with E-state index in [4.69, 9.17) is 0 Å². The second-order valence-corrected chi connectivity index (χ2v) is 9.72. The lowest BCUT2D eigenvalue weighted by Gasteiger charge is -2.58. The van der Waals surface area contributed by atoms with Gasteiger partial charge in [0.15, 0.2) is 11.6 Å². The average Bonchev–Trinajstić information content (AvgIpc) is 2.92. The number of Topliss-reactive ketones (excluding diaryl/α,β-unsaturated/α-hetero) is 1. The number of hydrogen-bond donors (Lipinski definition) is 3. The summed E-state index contributed by atoms with van der Waals surface area (Å²) in [5.74, 6) is 0.253. The number of carbonyl (C=O) groups is 1. The standard InChI is InChI=1S/C21H32O4/c1-19-9-10-21(24,25)11-13(19)3-4-14-15-5-6-17(18(23)12-22)20(15,2)8-7-16(14)19/h3,14-17,22,24-25H,4-12H2,1-2H3. The molecule has 0 aliphatic heterocycles. The Bertz CT molecular complexity index is 609. The predicted molar refractivity (Wildman–Crippen MR) is 94.5 cm³/mol. The van der Waals surface area contributed by atoms with Gasteiger partial charge in [0.25, 0.3) is 0 Å². The zero-order valence-electron chi connectivity index (χ0n) is 15.5. The molecule has 4 aliphatic rings. The van der Waals surface area contributed by atoms with E-state index >= 15 is 0 Å². The fraction of sp³-hybridized carbons (Fsp3) is 0.857. The van der Waals surface area contributed by atoms with Gasteiger partial charge < -0.3 is 15.3 Å². The molecule has 0 aromatic carbocycles. The Hall–Kier alpha value is -0.710. The van der Waals surface area contributed by atoms with Gasteiger partial charge in [-0.3, -0.25) is 4.79 Å². The number of hydrogen-bond acceptors (Lipinski definition) is 4. The second-order valence-electron chi connectivity index (χ2n) is 9.72. The number of aliphatic hydroxyl groups excluding tert-OH is 1. The van der Waals surface area contributed by atoms with Crippen LogP contribution in [0.25, 0.3) is 0 Å². The highest BCUT2D eigenvalue weighted by molar-refractivity contribution is 5.83. The largest absolute Gasteiger partial charge is 0.389 e. The molecule has 0 amide bonds. The summed E-state index contributed by atoms with van der Waals surface area (Å²) in [5, 5.41) is 29.6. The van der Waals surface area contributed by atoms with Crippen molar-refractivity contribution in [3.05, 3.63) is 11.6 Å². The number of fused-ring (bicyclic) bond motifs is 5. The SMILES string of the molecule is CC12CCC(O)(O)CC1=CCC1C2CCC2(C)C(C(=O)CO)CCC12. The van der Waals surface area contributed by atoms with Crippen LogP contribution in [0, 0.1) is 34.5 Å². The molecule has 4 heteroatoms. The minimum absolute atomic E-state index is 0.0236. The minimum Gasteiger partial charge on any atom is -0.389 e. The van der Waals surface area contributed by atoms with Gasteiger partial charge in [0.1, 0.15) is 6.61 Å². The molecule has 0 saturated heterocycles. The Kier molecular flexibility index (Phi) is 3.99. The highest BCUT2D eigenvalue weighted by Crippen LogP contribution is 2.66. The third kappa shape index (κ3) is 2.48. The normalized spacial score (nSPS) is 48.1. The molecule has 6 unspecified atom stereocenters. The van der Waals surface area contributed by atoms with Gasteiger partial charge in [0.2, 0.25) is 0 Å². The highest BCUT2D eigenvalue weighted by atomic mass is 16.5. The van der Waals surface area contributed by atoms with Crippen molar-refractivity contribution in [3.8, 4) is 0 Å². The summed E-state index contributed by atoms with van der Waals surface area (Å²) in [6.07, 6.45) is 9.17. The molecule has 0 heterocycles. The van der Waals surface area contributed by atoms with Gasteiger partial charge >= 0.3 is 0 Å². The van der Waals surface area contributed by atoms with Gasteiger partial charge in [-0.25, -0.2) is 0 Å². The Morgan fingerprint density at radius 3 is 2.60 bits per heavy atom. The van der Waals surface area contributed by atoms with Crippen molar-refractivity contribution >= 4 is 5.78 Å². The maximum atomic E-state index is 12.3. The quantitative estimate of drug-likeness (QED) is 0.530. The first-order valence-corrected chi connectivity index (χ1v) is 9.99. The van der Waals surface area contributed by atoms with E-state index < -0.39 is 5.79 Å². The molecular weight excluding hydrogens is 316 g/mol. The van der Waals surface area contributed by atoms with Gasteiger partial charge in [0, 0.05) is 18.8 Å². The predicted octanol–water partition coefficient (Wildman–Crippen LogP) is 2.81. The van der Waals surface area contributed by atoms with Crippen molar-refractivity contribution in [2.75, 3.05) is 6.61 Å². The summed E-state index contributed by atoms with van der Waals surface area (Å²) in [7, 11) is 0. The van der Waals surface area contributed by atoms with Crippen LogP contribution in [0.5, 0.6) is 0 Å². The highest BCUT2D eigenvalue weighted by Gasteiger charge is 2.60. The maximum absolute atomic E-state index is 12.3. The summed E-state index contributed by atoms with van der Waals surface area (Å²) in [6, 6.07) is 0. The fourth-order valence-electron chi connectivity index (χ4n) is 7.27. The monoisotopic (exact) mass is 348 g/mol. The number of carbonyl (C=O) groups excluding carboxylic acids is 1. The summed E-state index contributed by atoms with van der Waals surface area (Å²) in [4.78, 5) is 12.3. The topological polar surface area (TPSA) is 77.8 Å². The Balaban J connectivity index is 1.64. The van der Waals surface area contributed by atoms with Crippen LogP contribution in [0.1, 0.15) is 65.2 Å². The van der Waals surface area contributed by atoms with Gasteiger partial charge in [0.05, 0.1) is 0 Å². The number of aliphatic hydroxyl groups is 3. The van der Waals surface area contributed by atoms with Crippen LogP contribution < -0.4 is 0 Å². The minimum atomic E-state index is -1.53. The summed E-state index contributed by atoms with van der Waals surface area (Å²) < 4.78 is 0. The molecular formula is C21H32O4. The average molecular weight is 348 g/mol. The Morgan fingerprint density at radius 2 is 1.88 bits per heavy atom. The van der Waals surface area contributed by atoms with Gasteiger partial charge in [-0.15, -0.1) is 0 Å². The van der Waals surface area contributed by atoms with E-state index in [0.717, 1.165) is 38.5 Å². The second kappa shape index (κ2) is 5.64. The summed E-state index contributed by atoms with van der Waals surface area (Å²) >= 11 is 0. The first-order valence-electron chi connectivity index (χ1n) is 9.99. The Morgan fingerprint density at radius 1 is 1.12 bits per heavy atom. The molecule has 4 nitrogen and oxygen atoms in total. The van der Waals surface area contributed by atoms with E-state index in [9.17, 15) is 20.1 Å². The molecule has 3 saturated carbocycles. The van der Waals surface area contributed by atoms with Crippen molar-refractivity contribution in [1.29, 1.82) is 0 Å². The third-order valence-corrected chi connectivity index (χ3v) is 8.69. The number of ketones is 1. The van der Waals surface area contributed by atoms with E-state index in [-0.39, 0.29) is 29.1 Å². The van der Waals surface area contributed by atoms with Crippen molar-refractivity contribution in [2.24, 2.45) is 34.5 Å². The lowest BCUT2D eigenvalue weighted by atomic mass is 9.47. The van der Waals surface area contributed by atoms with Crippen molar-refractivity contribution < 1.29 is 20.1 Å². The molecule has 0 aromatic rings. The lowest BCUT2D eigenvalue weighted by molar-refractivity contribution is -0.189. The third-order valence-electron chi connectivity index (χ3n) is 8.69. The molecule has 0 spiro atoms. The van der Waals surface area contributed by atoms with Crippen LogP contribution in [0.4, 0.5) is 0 Å². The number of rotatable bonds is 2. The lowest BCUT2D eigenvalue weighted by Crippen LogP contribution is -2.52.